The molecule has 0 bridgehead atoms. The normalized spacial score (nSPS) is 12.2. The smallest absolute Gasteiger partial charge is 0.412 e. The highest BCUT2D eigenvalue weighted by Crippen LogP contribution is 2.29. The Morgan fingerprint density at radius 2 is 1.77 bits per heavy atom. The Labute approximate surface area is 254 Å². The molecule has 0 saturated carbocycles. The first-order valence-electron chi connectivity index (χ1n) is 12.4. The van der Waals surface area contributed by atoms with E-state index in [4.69, 9.17) is 9.15 Å². The van der Waals surface area contributed by atoms with Crippen LogP contribution < -0.4 is 16.3 Å². The molecular weight excluding hydrogens is 730 g/mol. The Morgan fingerprint density at radius 3 is 2.33 bits per heavy atom. The first-order chi connectivity index (χ1) is 18.2. The molecule has 210 valence electrons. The van der Waals surface area contributed by atoms with E-state index in [1.54, 1.807) is 44.7 Å². The molecule has 0 aliphatic heterocycles. The molecule has 1 heterocycles. The van der Waals surface area contributed by atoms with E-state index in [-0.39, 0.29) is 29.5 Å². The number of carbonyl (C=O) groups excluding carboxylic acids is 2. The van der Waals surface area contributed by atoms with E-state index in [2.05, 4.69) is 15.6 Å². The lowest BCUT2D eigenvalue weighted by molar-refractivity contribution is -0.131. The first kappa shape index (κ1) is 30.9. The lowest BCUT2D eigenvalue weighted by Crippen LogP contribution is -2.44. The maximum Gasteiger partial charge on any atom is 0.412 e. The van der Waals surface area contributed by atoms with Crippen LogP contribution in [-0.4, -0.2) is 51.7 Å². The summed E-state index contributed by atoms with van der Waals surface area (Å²) in [4.78, 5) is 44.9. The summed E-state index contributed by atoms with van der Waals surface area (Å²) in [6.45, 7) is 11.8. The number of likely N-dealkylation sites (N-methyl/N-ethyl adjacent to an activating group) is 1. The van der Waals surface area contributed by atoms with Crippen molar-refractivity contribution in [1.82, 2.24) is 9.88 Å². The van der Waals surface area contributed by atoms with E-state index in [1.807, 2.05) is 71.2 Å². The van der Waals surface area contributed by atoms with Crippen molar-refractivity contribution in [2.75, 3.05) is 23.7 Å². The second-order valence-electron chi connectivity index (χ2n) is 9.89. The molecule has 3 N–H and O–H groups in total. The maximum atomic E-state index is 13.4. The molecule has 12 heteroatoms. The monoisotopic (exact) mass is 762 g/mol. The average molecular weight is 762 g/mol. The molecular formula is C27H32I2N4O6. The molecule has 0 radical (unpaired) electrons. The number of nitrogens with zero attached hydrogens (tertiary/aromatic N) is 2. The van der Waals surface area contributed by atoms with Gasteiger partial charge >= 0.3 is 11.7 Å². The number of phenols is 1. The fraction of sp³-hybridized carbons (Fsp3) is 0.407. The number of phenolic OH excluding ortho intramolecular Hbond substituents is 1. The number of rotatable bonds is 8. The highest BCUT2D eigenvalue weighted by atomic mass is 127. The van der Waals surface area contributed by atoms with E-state index >= 15 is 0 Å². The number of fused-ring (bicyclic) bond motifs is 1. The topological polar surface area (TPSA) is 134 Å². The predicted molar refractivity (Wildman–Crippen MR) is 167 cm³/mol. The zero-order valence-corrected chi connectivity index (χ0v) is 27.0. The zero-order valence-electron chi connectivity index (χ0n) is 22.6. The number of aromatic hydroxyl groups is 1. The van der Waals surface area contributed by atoms with Crippen molar-refractivity contribution in [3.8, 4) is 5.75 Å². The Bertz CT molecular complexity index is 1420. The number of nitrogens with one attached hydrogen (secondary N) is 2. The quantitative estimate of drug-likeness (QED) is 0.251. The summed E-state index contributed by atoms with van der Waals surface area (Å²) in [6.07, 6.45) is -0.361. The van der Waals surface area contributed by atoms with Crippen molar-refractivity contribution in [2.45, 2.75) is 59.6 Å². The average Bonchev–Trinajstić information content (AvgIpc) is 2.83. The summed E-state index contributed by atoms with van der Waals surface area (Å²) < 4.78 is 12.2. The van der Waals surface area contributed by atoms with E-state index in [0.29, 0.717) is 37.0 Å². The molecule has 0 fully saturated rings. The fourth-order valence-electron chi connectivity index (χ4n) is 4.01. The summed E-state index contributed by atoms with van der Waals surface area (Å²) in [6, 6.07) is 6.00. The van der Waals surface area contributed by atoms with Gasteiger partial charge in [-0.25, -0.2) is 9.59 Å². The second kappa shape index (κ2) is 12.7. The van der Waals surface area contributed by atoms with E-state index in [9.17, 15) is 19.5 Å². The number of amides is 2. The Morgan fingerprint density at radius 1 is 1.15 bits per heavy atom. The molecule has 0 aliphatic rings. The van der Waals surface area contributed by atoms with Gasteiger partial charge in [-0.05, 0) is 122 Å². The third-order valence-corrected chi connectivity index (χ3v) is 7.53. The van der Waals surface area contributed by atoms with Gasteiger partial charge < -0.3 is 24.5 Å². The van der Waals surface area contributed by atoms with Crippen molar-refractivity contribution in [2.24, 2.45) is 0 Å². The lowest BCUT2D eigenvalue weighted by Gasteiger charge is -2.26. The third-order valence-electron chi connectivity index (χ3n) is 5.88. The lowest BCUT2D eigenvalue weighted by atomic mass is 10.0. The van der Waals surface area contributed by atoms with Gasteiger partial charge in [0.25, 0.3) is 6.01 Å². The highest BCUT2D eigenvalue weighted by Gasteiger charge is 2.26. The molecule has 1 unspecified atom stereocenters. The molecule has 3 aromatic rings. The minimum absolute atomic E-state index is 0.0894. The summed E-state index contributed by atoms with van der Waals surface area (Å²) >= 11 is 4.09. The molecule has 39 heavy (non-hydrogen) atoms. The molecule has 2 amide bonds. The van der Waals surface area contributed by atoms with Gasteiger partial charge in [0, 0.05) is 25.2 Å². The van der Waals surface area contributed by atoms with Crippen LogP contribution in [0.25, 0.3) is 10.9 Å². The number of halogens is 2. The Balaban J connectivity index is 1.96. The van der Waals surface area contributed by atoms with E-state index < -0.39 is 23.4 Å². The van der Waals surface area contributed by atoms with Gasteiger partial charge in [0.2, 0.25) is 5.91 Å². The van der Waals surface area contributed by atoms with E-state index in [0.717, 1.165) is 5.56 Å². The predicted octanol–water partition coefficient (Wildman–Crippen LogP) is 5.65. The number of hydrogen-bond acceptors (Lipinski definition) is 8. The van der Waals surface area contributed by atoms with Gasteiger partial charge in [-0.3, -0.25) is 10.1 Å². The van der Waals surface area contributed by atoms with Crippen LogP contribution in [0.3, 0.4) is 0 Å². The standard InChI is InChI=1S/C27H32I2N4O6/c1-7-33(8-2)23(35)20(13-15-11-16(28)22(34)17(29)12-15)31-25-30-19-10-9-18(14(3)21(19)24(36)38-25)32-26(37)39-27(4,5)6/h9-12,20,34H,7-8,13H2,1-6H3,(H,30,31)(H,32,37). The van der Waals surface area contributed by atoms with Crippen LogP contribution in [0.2, 0.25) is 0 Å². The van der Waals surface area contributed by atoms with Crippen molar-refractivity contribution >= 4 is 79.8 Å². The Hall–Kier alpha value is -2.62. The third kappa shape index (κ3) is 7.74. The van der Waals surface area contributed by atoms with Gasteiger partial charge in [-0.2, -0.15) is 4.98 Å². The van der Waals surface area contributed by atoms with Gasteiger partial charge in [0.05, 0.1) is 18.0 Å². The van der Waals surface area contributed by atoms with Crippen LogP contribution in [0.15, 0.2) is 33.5 Å². The fourth-order valence-corrected chi connectivity index (χ4v) is 5.90. The second-order valence-corrected chi connectivity index (χ2v) is 12.2. The van der Waals surface area contributed by atoms with Crippen LogP contribution in [-0.2, 0) is 16.0 Å². The van der Waals surface area contributed by atoms with Crippen LogP contribution in [0, 0.1) is 14.1 Å². The number of aromatic nitrogens is 1. The van der Waals surface area contributed by atoms with Crippen LogP contribution in [0.5, 0.6) is 5.75 Å². The van der Waals surface area contributed by atoms with E-state index in [1.165, 1.54) is 0 Å². The summed E-state index contributed by atoms with van der Waals surface area (Å²) in [5.74, 6) is 0.0216. The molecule has 10 nitrogen and oxygen atoms in total. The molecule has 1 aromatic heterocycles. The number of benzene rings is 2. The van der Waals surface area contributed by atoms with Crippen molar-refractivity contribution < 1.29 is 23.8 Å². The molecule has 0 spiro atoms. The van der Waals surface area contributed by atoms with Gasteiger partial charge in [0.1, 0.15) is 17.4 Å². The van der Waals surface area contributed by atoms with Crippen molar-refractivity contribution in [3.05, 3.63) is 53.0 Å². The maximum absolute atomic E-state index is 13.4. The molecule has 3 rings (SSSR count). The minimum atomic E-state index is -0.775. The first-order valence-corrected chi connectivity index (χ1v) is 14.6. The van der Waals surface area contributed by atoms with Crippen LogP contribution in [0.1, 0.15) is 45.7 Å². The van der Waals surface area contributed by atoms with Crippen LogP contribution >= 0.6 is 45.2 Å². The minimum Gasteiger partial charge on any atom is -0.506 e. The summed E-state index contributed by atoms with van der Waals surface area (Å²) in [7, 11) is 0. The van der Waals surface area contributed by atoms with Crippen molar-refractivity contribution in [1.29, 1.82) is 0 Å². The molecule has 2 aromatic carbocycles. The zero-order chi connectivity index (χ0) is 29.1. The molecule has 0 saturated heterocycles. The molecule has 0 aliphatic carbocycles. The van der Waals surface area contributed by atoms with Crippen molar-refractivity contribution in [3.63, 3.8) is 0 Å². The number of aryl methyl sites for hydroxylation is 1. The van der Waals surface area contributed by atoms with Gasteiger partial charge in [-0.15, -0.1) is 0 Å². The summed E-state index contributed by atoms with van der Waals surface area (Å²) in [5.41, 5.74) is 0.731. The number of ether oxygens (including phenoxy) is 1. The van der Waals surface area contributed by atoms with Gasteiger partial charge in [-0.1, -0.05) is 0 Å². The molecule has 1 atom stereocenters. The van der Waals surface area contributed by atoms with Crippen LogP contribution in [0.4, 0.5) is 16.5 Å². The SMILES string of the molecule is CCN(CC)C(=O)C(Cc1cc(I)c(O)c(I)c1)Nc1nc2ccc(NC(=O)OC(C)(C)C)c(C)c2c(=O)o1. The highest BCUT2D eigenvalue weighted by molar-refractivity contribution is 14.1. The Kier molecular flexibility index (Phi) is 10.1. The summed E-state index contributed by atoms with van der Waals surface area (Å²) in [5, 5.41) is 16.0. The largest absolute Gasteiger partial charge is 0.506 e. The number of anilines is 2. The number of hydrogen-bond donors (Lipinski definition) is 3. The number of carbonyl (C=O) groups is 2. The van der Waals surface area contributed by atoms with Gasteiger partial charge in [0.15, 0.2) is 0 Å².